The van der Waals surface area contributed by atoms with E-state index < -0.39 is 0 Å². The highest BCUT2D eigenvalue weighted by Crippen LogP contribution is 2.37. The highest BCUT2D eigenvalue weighted by Gasteiger charge is 2.41. The Hall–Kier alpha value is -0.570. The largest absolute Gasteiger partial charge is 0.466 e. The molecule has 0 rings (SSSR count). The van der Waals surface area contributed by atoms with Crippen LogP contribution < -0.4 is 0 Å². The summed E-state index contributed by atoms with van der Waals surface area (Å²) >= 11 is 0. The second-order valence-electron chi connectivity index (χ2n) is 6.20. The first-order valence-corrected chi connectivity index (χ1v) is 7.58. The van der Waals surface area contributed by atoms with Crippen LogP contribution in [0.5, 0.6) is 0 Å². The van der Waals surface area contributed by atoms with E-state index in [0.29, 0.717) is 19.1 Å². The lowest BCUT2D eigenvalue weighted by atomic mass is 9.72. The predicted octanol–water partition coefficient (Wildman–Crippen LogP) is 4.05. The molecule has 3 nitrogen and oxygen atoms in total. The number of hydrogen-bond donors (Lipinski definition) is 0. The van der Waals surface area contributed by atoms with Gasteiger partial charge in [-0.05, 0) is 31.6 Å². The maximum absolute atomic E-state index is 12.3. The van der Waals surface area contributed by atoms with Gasteiger partial charge in [0.1, 0.15) is 0 Å². The van der Waals surface area contributed by atoms with Crippen LogP contribution in [0.15, 0.2) is 0 Å². The maximum atomic E-state index is 12.3. The van der Waals surface area contributed by atoms with Crippen molar-refractivity contribution in [1.29, 1.82) is 0 Å². The van der Waals surface area contributed by atoms with Crippen molar-refractivity contribution < 1.29 is 14.3 Å². The van der Waals surface area contributed by atoms with Gasteiger partial charge in [-0.25, -0.2) is 0 Å². The molecule has 0 aliphatic rings. The minimum absolute atomic E-state index is 0.0565. The van der Waals surface area contributed by atoms with Gasteiger partial charge in [0.25, 0.3) is 0 Å². The van der Waals surface area contributed by atoms with E-state index in [1.54, 1.807) is 0 Å². The van der Waals surface area contributed by atoms with E-state index in [4.69, 9.17) is 9.47 Å². The van der Waals surface area contributed by atoms with Gasteiger partial charge in [0, 0.05) is 6.61 Å². The first kappa shape index (κ1) is 18.4. The fourth-order valence-corrected chi connectivity index (χ4v) is 2.41. The molecule has 0 aliphatic carbocycles. The molecule has 0 saturated carbocycles. The molecule has 0 heterocycles. The predicted molar refractivity (Wildman–Crippen MR) is 79.1 cm³/mol. The van der Waals surface area contributed by atoms with Crippen molar-refractivity contribution in [2.24, 2.45) is 17.3 Å². The van der Waals surface area contributed by atoms with Crippen LogP contribution in [0.3, 0.4) is 0 Å². The third kappa shape index (κ3) is 5.94. The molecular weight excluding hydrogens is 240 g/mol. The number of esters is 1. The molecule has 19 heavy (non-hydrogen) atoms. The number of rotatable bonds is 9. The molecule has 3 heteroatoms. The van der Waals surface area contributed by atoms with Crippen molar-refractivity contribution in [1.82, 2.24) is 0 Å². The van der Waals surface area contributed by atoms with Crippen molar-refractivity contribution in [2.75, 3.05) is 13.2 Å². The molecule has 0 amide bonds. The third-order valence-electron chi connectivity index (χ3n) is 3.75. The summed E-state index contributed by atoms with van der Waals surface area (Å²) in [5.41, 5.74) is -0.110. The molecule has 0 N–H and O–H groups in total. The Morgan fingerprint density at radius 1 is 1.11 bits per heavy atom. The molecule has 0 bridgehead atoms. The topological polar surface area (TPSA) is 35.5 Å². The summed E-state index contributed by atoms with van der Waals surface area (Å²) in [5.74, 6) is 0.189. The van der Waals surface area contributed by atoms with Gasteiger partial charge in [0.05, 0.1) is 18.6 Å². The fraction of sp³-hybridized carbons (Fsp3) is 0.938. The van der Waals surface area contributed by atoms with E-state index in [-0.39, 0.29) is 23.4 Å². The van der Waals surface area contributed by atoms with Gasteiger partial charge in [-0.1, -0.05) is 41.0 Å². The lowest BCUT2D eigenvalue weighted by molar-refractivity contribution is -0.161. The van der Waals surface area contributed by atoms with E-state index in [0.717, 1.165) is 12.8 Å². The van der Waals surface area contributed by atoms with Crippen LogP contribution in [-0.4, -0.2) is 25.3 Å². The number of ether oxygens (including phenoxy) is 2. The van der Waals surface area contributed by atoms with Crippen LogP contribution in [0.1, 0.15) is 61.3 Å². The van der Waals surface area contributed by atoms with E-state index in [2.05, 4.69) is 34.6 Å². The number of carbonyl (C=O) groups excluding carboxylic acids is 1. The van der Waals surface area contributed by atoms with Crippen molar-refractivity contribution >= 4 is 5.97 Å². The fourth-order valence-electron chi connectivity index (χ4n) is 2.41. The van der Waals surface area contributed by atoms with Gasteiger partial charge < -0.3 is 9.47 Å². The van der Waals surface area contributed by atoms with Gasteiger partial charge in [0.2, 0.25) is 0 Å². The van der Waals surface area contributed by atoms with Gasteiger partial charge in [-0.2, -0.15) is 0 Å². The number of carbonyl (C=O) groups is 1. The summed E-state index contributed by atoms with van der Waals surface area (Å²) in [4.78, 5) is 12.3. The van der Waals surface area contributed by atoms with Crippen LogP contribution in [0.2, 0.25) is 0 Å². The molecule has 0 radical (unpaired) electrons. The highest BCUT2D eigenvalue weighted by atomic mass is 16.5. The van der Waals surface area contributed by atoms with Crippen LogP contribution >= 0.6 is 0 Å². The van der Waals surface area contributed by atoms with Crippen molar-refractivity contribution in [3.05, 3.63) is 0 Å². The first-order chi connectivity index (χ1) is 8.80. The normalized spacial score (nSPS) is 15.4. The van der Waals surface area contributed by atoms with E-state index in [1.807, 2.05) is 13.8 Å². The van der Waals surface area contributed by atoms with Crippen molar-refractivity contribution in [3.63, 3.8) is 0 Å². The molecule has 0 aromatic heterocycles. The Kier molecular flexibility index (Phi) is 8.31. The SMILES string of the molecule is CCOC(=O)C(C(CC(C)C)OCC)C(C)(C)CC. The summed E-state index contributed by atoms with van der Waals surface area (Å²) in [6, 6.07) is 0. The first-order valence-electron chi connectivity index (χ1n) is 7.58. The van der Waals surface area contributed by atoms with Gasteiger partial charge in [-0.15, -0.1) is 0 Å². The van der Waals surface area contributed by atoms with Crippen LogP contribution in [0.25, 0.3) is 0 Å². The molecule has 0 aromatic carbocycles. The minimum atomic E-state index is -0.195. The molecule has 2 unspecified atom stereocenters. The lowest BCUT2D eigenvalue weighted by Crippen LogP contribution is -2.43. The zero-order valence-electron chi connectivity index (χ0n) is 13.8. The Bertz CT molecular complexity index is 259. The lowest BCUT2D eigenvalue weighted by Gasteiger charge is -2.37. The highest BCUT2D eigenvalue weighted by molar-refractivity contribution is 5.74. The molecule has 0 fully saturated rings. The summed E-state index contributed by atoms with van der Waals surface area (Å²) < 4.78 is 11.2. The average molecular weight is 272 g/mol. The molecule has 2 atom stereocenters. The van der Waals surface area contributed by atoms with E-state index >= 15 is 0 Å². The maximum Gasteiger partial charge on any atom is 0.312 e. The average Bonchev–Trinajstić information content (AvgIpc) is 2.28. The second kappa shape index (κ2) is 8.57. The summed E-state index contributed by atoms with van der Waals surface area (Å²) in [6.07, 6.45) is 1.76. The minimum Gasteiger partial charge on any atom is -0.466 e. The summed E-state index contributed by atoms with van der Waals surface area (Å²) in [6.45, 7) is 15.6. The van der Waals surface area contributed by atoms with E-state index in [1.165, 1.54) is 0 Å². The smallest absolute Gasteiger partial charge is 0.312 e. The van der Waals surface area contributed by atoms with Gasteiger partial charge in [0.15, 0.2) is 0 Å². The zero-order chi connectivity index (χ0) is 15.1. The van der Waals surface area contributed by atoms with Crippen molar-refractivity contribution in [2.45, 2.75) is 67.4 Å². The van der Waals surface area contributed by atoms with Crippen molar-refractivity contribution in [3.8, 4) is 0 Å². The molecule has 0 saturated heterocycles. The third-order valence-corrected chi connectivity index (χ3v) is 3.75. The summed E-state index contributed by atoms with van der Waals surface area (Å²) in [5, 5.41) is 0. The second-order valence-corrected chi connectivity index (χ2v) is 6.20. The Morgan fingerprint density at radius 2 is 1.68 bits per heavy atom. The molecule has 0 aromatic rings. The molecule has 0 aliphatic heterocycles. The summed E-state index contributed by atoms with van der Waals surface area (Å²) in [7, 11) is 0. The Morgan fingerprint density at radius 3 is 2.05 bits per heavy atom. The van der Waals surface area contributed by atoms with Crippen LogP contribution in [0, 0.1) is 17.3 Å². The molecule has 114 valence electrons. The monoisotopic (exact) mass is 272 g/mol. The van der Waals surface area contributed by atoms with Crippen LogP contribution in [0.4, 0.5) is 0 Å². The zero-order valence-corrected chi connectivity index (χ0v) is 13.8. The van der Waals surface area contributed by atoms with E-state index in [9.17, 15) is 4.79 Å². The standard InChI is InChI=1S/C16H32O3/c1-8-16(6,7)14(15(17)19-10-3)13(18-9-2)11-12(4)5/h12-14H,8-11H2,1-7H3. The molecular formula is C16H32O3. The van der Waals surface area contributed by atoms with Crippen LogP contribution in [-0.2, 0) is 14.3 Å². The van der Waals surface area contributed by atoms with Gasteiger partial charge in [-0.3, -0.25) is 4.79 Å². The molecule has 0 spiro atoms. The Labute approximate surface area is 119 Å². The number of hydrogen-bond acceptors (Lipinski definition) is 3. The quantitative estimate of drug-likeness (QED) is 0.594. The van der Waals surface area contributed by atoms with Gasteiger partial charge >= 0.3 is 5.97 Å². The Balaban J connectivity index is 5.20.